The van der Waals surface area contributed by atoms with E-state index in [0.29, 0.717) is 28.4 Å². The number of rotatable bonds is 3. The average Bonchev–Trinajstić information content (AvgIpc) is 3.50. The van der Waals surface area contributed by atoms with Crippen molar-refractivity contribution in [3.8, 4) is 0 Å². The fourth-order valence-electron chi connectivity index (χ4n) is 5.07. The maximum Gasteiger partial charge on any atom is 0.266 e. The van der Waals surface area contributed by atoms with Gasteiger partial charge < -0.3 is 4.90 Å². The number of carbonyl (C=O) groups is 3. The summed E-state index contributed by atoms with van der Waals surface area (Å²) in [7, 11) is 0. The Hall–Kier alpha value is -2.99. The molecule has 3 aliphatic rings. The normalized spacial score (nSPS) is 21.3. The molecule has 6 heteroatoms. The molecule has 0 N–H and O–H groups in total. The molecule has 3 heterocycles. The van der Waals surface area contributed by atoms with Crippen LogP contribution in [0, 0.1) is 13.8 Å². The first kappa shape index (κ1) is 19.9. The smallest absolute Gasteiger partial charge is 0.266 e. The zero-order valence-electron chi connectivity index (χ0n) is 18.1. The first-order valence-corrected chi connectivity index (χ1v) is 11.1. The highest BCUT2D eigenvalue weighted by Gasteiger charge is 2.39. The maximum absolute atomic E-state index is 13.2. The fourth-order valence-corrected chi connectivity index (χ4v) is 5.07. The van der Waals surface area contributed by atoms with Crippen molar-refractivity contribution < 1.29 is 14.4 Å². The number of likely N-dealkylation sites (tertiary alicyclic amines) is 2. The van der Waals surface area contributed by atoms with Crippen LogP contribution in [-0.4, -0.2) is 59.7 Å². The summed E-state index contributed by atoms with van der Waals surface area (Å²) in [6.07, 6.45) is 3.47. The minimum absolute atomic E-state index is 0.0602. The molecule has 2 aromatic rings. The summed E-state index contributed by atoms with van der Waals surface area (Å²) >= 11 is 0. The van der Waals surface area contributed by atoms with Gasteiger partial charge in [-0.05, 0) is 81.6 Å². The van der Waals surface area contributed by atoms with E-state index >= 15 is 0 Å². The number of amides is 3. The van der Waals surface area contributed by atoms with Gasteiger partial charge in [-0.2, -0.15) is 0 Å². The number of nitrogens with zero attached hydrogens (tertiary/aromatic N) is 3. The number of carbonyl (C=O) groups excluding carboxylic acids is 3. The van der Waals surface area contributed by atoms with E-state index in [-0.39, 0.29) is 17.7 Å². The van der Waals surface area contributed by atoms with Gasteiger partial charge in [0, 0.05) is 24.7 Å². The van der Waals surface area contributed by atoms with Crippen molar-refractivity contribution >= 4 is 23.4 Å². The Morgan fingerprint density at radius 2 is 1.65 bits per heavy atom. The van der Waals surface area contributed by atoms with E-state index in [1.54, 1.807) is 18.2 Å². The summed E-state index contributed by atoms with van der Waals surface area (Å²) in [5.41, 5.74) is 3.60. The molecule has 2 aromatic carbocycles. The summed E-state index contributed by atoms with van der Waals surface area (Å²) in [6.45, 7) is 7.53. The topological polar surface area (TPSA) is 60.9 Å². The Bertz CT molecular complexity index is 1090. The van der Waals surface area contributed by atoms with Gasteiger partial charge in [0.2, 0.25) is 0 Å². The van der Waals surface area contributed by atoms with Crippen molar-refractivity contribution in [2.24, 2.45) is 0 Å². The van der Waals surface area contributed by atoms with Crippen LogP contribution in [-0.2, 0) is 0 Å². The molecule has 2 fully saturated rings. The Morgan fingerprint density at radius 1 is 0.903 bits per heavy atom. The SMILES string of the molecule is Cc1ccc(C)c(N2C(=O)c3ccc(C(=O)N4CCC(N5CCCC5)C4)cc3C2=O)c1. The molecule has 5 rings (SSSR count). The van der Waals surface area contributed by atoms with Crippen LogP contribution < -0.4 is 4.90 Å². The number of benzene rings is 2. The number of aryl methyl sites for hydroxylation is 2. The number of anilines is 1. The van der Waals surface area contributed by atoms with Crippen molar-refractivity contribution in [2.45, 2.75) is 39.2 Å². The molecule has 6 nitrogen and oxygen atoms in total. The van der Waals surface area contributed by atoms with Gasteiger partial charge in [0.25, 0.3) is 17.7 Å². The molecule has 2 saturated heterocycles. The van der Waals surface area contributed by atoms with Gasteiger partial charge in [-0.3, -0.25) is 19.3 Å². The van der Waals surface area contributed by atoms with Gasteiger partial charge in [-0.25, -0.2) is 4.90 Å². The molecule has 0 aliphatic carbocycles. The third kappa shape index (κ3) is 3.35. The first-order chi connectivity index (χ1) is 14.9. The summed E-state index contributed by atoms with van der Waals surface area (Å²) in [6, 6.07) is 11.1. The lowest BCUT2D eigenvalue weighted by molar-refractivity contribution is 0.0779. The van der Waals surface area contributed by atoms with Crippen LogP contribution in [0.5, 0.6) is 0 Å². The van der Waals surface area contributed by atoms with E-state index in [1.807, 2.05) is 36.9 Å². The monoisotopic (exact) mass is 417 g/mol. The van der Waals surface area contributed by atoms with Crippen LogP contribution in [0.1, 0.15) is 61.5 Å². The summed E-state index contributed by atoms with van der Waals surface area (Å²) in [5.74, 6) is -0.752. The first-order valence-electron chi connectivity index (χ1n) is 11.1. The van der Waals surface area contributed by atoms with Crippen molar-refractivity contribution in [3.63, 3.8) is 0 Å². The molecule has 1 unspecified atom stereocenters. The number of hydrogen-bond donors (Lipinski definition) is 0. The second-order valence-electron chi connectivity index (χ2n) is 8.93. The molecule has 0 bridgehead atoms. The van der Waals surface area contributed by atoms with Crippen LogP contribution >= 0.6 is 0 Å². The highest BCUT2D eigenvalue weighted by Crippen LogP contribution is 2.32. The van der Waals surface area contributed by atoms with Crippen LogP contribution in [0.3, 0.4) is 0 Å². The van der Waals surface area contributed by atoms with E-state index in [1.165, 1.54) is 17.7 Å². The quantitative estimate of drug-likeness (QED) is 0.718. The number of fused-ring (bicyclic) bond motifs is 1. The van der Waals surface area contributed by atoms with Crippen molar-refractivity contribution in [1.29, 1.82) is 0 Å². The van der Waals surface area contributed by atoms with E-state index in [2.05, 4.69) is 4.90 Å². The largest absolute Gasteiger partial charge is 0.337 e. The van der Waals surface area contributed by atoms with E-state index in [0.717, 1.165) is 43.7 Å². The second kappa shape index (κ2) is 7.61. The van der Waals surface area contributed by atoms with Gasteiger partial charge in [0.05, 0.1) is 16.8 Å². The zero-order valence-corrected chi connectivity index (χ0v) is 18.1. The second-order valence-corrected chi connectivity index (χ2v) is 8.93. The lowest BCUT2D eigenvalue weighted by Crippen LogP contribution is -2.37. The maximum atomic E-state index is 13.2. The molecule has 1 atom stereocenters. The summed E-state index contributed by atoms with van der Waals surface area (Å²) < 4.78 is 0. The summed E-state index contributed by atoms with van der Waals surface area (Å²) in [4.78, 5) is 44.9. The van der Waals surface area contributed by atoms with Crippen LogP contribution in [0.15, 0.2) is 36.4 Å². The lowest BCUT2D eigenvalue weighted by atomic mass is 10.0. The molecule has 0 aromatic heterocycles. The van der Waals surface area contributed by atoms with Crippen molar-refractivity contribution in [2.75, 3.05) is 31.1 Å². The molecular weight excluding hydrogens is 390 g/mol. The standard InChI is InChI=1S/C25H27N3O3/c1-16-5-6-17(2)22(13-16)28-24(30)20-8-7-18(14-21(20)25(28)31)23(29)27-12-9-19(15-27)26-10-3-4-11-26/h5-8,13-14,19H,3-4,9-12,15H2,1-2H3. The third-order valence-electron chi connectivity index (χ3n) is 6.85. The van der Waals surface area contributed by atoms with E-state index < -0.39 is 0 Å². The fraction of sp³-hybridized carbons (Fsp3) is 0.400. The molecule has 3 aliphatic heterocycles. The van der Waals surface area contributed by atoms with E-state index in [4.69, 9.17) is 0 Å². The van der Waals surface area contributed by atoms with Crippen molar-refractivity contribution in [3.05, 3.63) is 64.2 Å². The molecule has 0 radical (unpaired) electrons. The van der Waals surface area contributed by atoms with Crippen LogP contribution in [0.4, 0.5) is 5.69 Å². The predicted octanol–water partition coefficient (Wildman–Crippen LogP) is 3.41. The number of imide groups is 1. The van der Waals surface area contributed by atoms with Gasteiger partial charge in [-0.15, -0.1) is 0 Å². The van der Waals surface area contributed by atoms with Crippen molar-refractivity contribution in [1.82, 2.24) is 9.80 Å². The highest BCUT2D eigenvalue weighted by molar-refractivity contribution is 6.35. The predicted molar refractivity (Wildman–Crippen MR) is 119 cm³/mol. The van der Waals surface area contributed by atoms with Gasteiger partial charge in [0.1, 0.15) is 0 Å². The van der Waals surface area contributed by atoms with E-state index in [9.17, 15) is 14.4 Å². The molecule has 0 saturated carbocycles. The Labute approximate surface area is 182 Å². The molecule has 160 valence electrons. The van der Waals surface area contributed by atoms with Crippen LogP contribution in [0.2, 0.25) is 0 Å². The average molecular weight is 418 g/mol. The minimum atomic E-state index is -0.361. The Kier molecular flexibility index (Phi) is 4.89. The van der Waals surface area contributed by atoms with Gasteiger partial charge >= 0.3 is 0 Å². The molecule has 0 spiro atoms. The Morgan fingerprint density at radius 3 is 2.42 bits per heavy atom. The zero-order chi connectivity index (χ0) is 21.7. The van der Waals surface area contributed by atoms with Gasteiger partial charge in [0.15, 0.2) is 0 Å². The Balaban J connectivity index is 1.39. The number of hydrogen-bond acceptors (Lipinski definition) is 4. The van der Waals surface area contributed by atoms with Crippen LogP contribution in [0.25, 0.3) is 0 Å². The van der Waals surface area contributed by atoms with Gasteiger partial charge in [-0.1, -0.05) is 12.1 Å². The highest BCUT2D eigenvalue weighted by atomic mass is 16.2. The summed E-state index contributed by atoms with van der Waals surface area (Å²) in [5, 5.41) is 0. The molecule has 3 amide bonds. The molecule has 31 heavy (non-hydrogen) atoms. The lowest BCUT2D eigenvalue weighted by Gasteiger charge is -2.23. The minimum Gasteiger partial charge on any atom is -0.337 e. The third-order valence-corrected chi connectivity index (χ3v) is 6.85. The molecular formula is C25H27N3O3.